The maximum atomic E-state index is 9.96. The number of terminal acetylenes is 2. The van der Waals surface area contributed by atoms with Crippen LogP contribution in [0.25, 0.3) is 0 Å². The summed E-state index contributed by atoms with van der Waals surface area (Å²) in [6.45, 7) is 14.4. The minimum absolute atomic E-state index is 0.390. The van der Waals surface area contributed by atoms with Gasteiger partial charge in [0.05, 0.1) is 0 Å². The normalized spacial score (nSPS) is 46.3. The fraction of sp³-hybridized carbons (Fsp3) is 0.857. The summed E-state index contributed by atoms with van der Waals surface area (Å²) < 4.78 is 58.0. The lowest BCUT2D eigenvalue weighted by atomic mass is 9.96. The second-order valence-electron chi connectivity index (χ2n) is 12.5. The van der Waals surface area contributed by atoms with Gasteiger partial charge in [-0.2, -0.15) is 0 Å². The Morgan fingerprint density at radius 2 is 0.750 bits per heavy atom. The van der Waals surface area contributed by atoms with Crippen LogP contribution in [0.1, 0.15) is 55.4 Å². The number of rotatable bonds is 2. The molecule has 12 unspecified atom stereocenters. The number of hydrogen-bond donors (Lipinski definition) is 2. The smallest absolute Gasteiger partial charge is 0.190 e. The molecule has 0 aromatic rings. The molecule has 6 rings (SSSR count). The van der Waals surface area contributed by atoms with E-state index in [0.717, 1.165) is 0 Å². The summed E-state index contributed by atoms with van der Waals surface area (Å²) in [5.41, 5.74) is 0. The highest BCUT2D eigenvalue weighted by atomic mass is 16.9. The van der Waals surface area contributed by atoms with Crippen LogP contribution in [0.2, 0.25) is 0 Å². The van der Waals surface area contributed by atoms with Gasteiger partial charge in [0.15, 0.2) is 35.7 Å². The Morgan fingerprint density at radius 1 is 0.475 bits per heavy atom. The lowest BCUT2D eigenvalue weighted by Crippen LogP contribution is -2.58. The molecule has 224 valence electrons. The van der Waals surface area contributed by atoms with Gasteiger partial charge in [-0.3, -0.25) is 0 Å². The van der Waals surface area contributed by atoms with E-state index in [0.29, 0.717) is 0 Å². The highest BCUT2D eigenvalue weighted by Crippen LogP contribution is 2.46. The molecule has 0 aliphatic carbocycles. The summed E-state index contributed by atoms with van der Waals surface area (Å²) in [7, 11) is 0. The highest BCUT2D eigenvalue weighted by Gasteiger charge is 2.63. The Bertz CT molecular complexity index is 961. The summed E-state index contributed by atoms with van der Waals surface area (Å²) in [5.74, 6) is 1.44. The van der Waals surface area contributed by atoms with Crippen molar-refractivity contribution in [1.29, 1.82) is 0 Å². The number of aliphatic hydroxyl groups is 2. The summed E-state index contributed by atoms with van der Waals surface area (Å²) >= 11 is 0. The highest BCUT2D eigenvalue weighted by molar-refractivity contribution is 5.09. The Hall–Kier alpha value is -1.36. The largest absolute Gasteiger partial charge is 0.378 e. The van der Waals surface area contributed by atoms with Crippen molar-refractivity contribution in [3.8, 4) is 24.7 Å². The van der Waals surface area contributed by atoms with E-state index >= 15 is 0 Å². The standard InChI is InChI=1S/2C14H20O6/c2*1-6-7(15)8-9-10(18-13(2,3)17-9)11-12(16-8)20-14(4,5)19-11/h2*1,7-12,15H,2-5H3. The van der Waals surface area contributed by atoms with Crippen LogP contribution in [-0.2, 0) is 47.4 Å². The fourth-order valence-electron chi connectivity index (χ4n) is 5.98. The predicted molar refractivity (Wildman–Crippen MR) is 135 cm³/mol. The van der Waals surface area contributed by atoms with E-state index in [1.807, 2.05) is 0 Å². The molecule has 6 fully saturated rings. The van der Waals surface area contributed by atoms with Crippen LogP contribution < -0.4 is 0 Å². The van der Waals surface area contributed by atoms with Crippen LogP contribution in [0.3, 0.4) is 0 Å². The summed E-state index contributed by atoms with van der Waals surface area (Å²) in [6, 6.07) is 0. The molecule has 6 aliphatic rings. The van der Waals surface area contributed by atoms with Crippen molar-refractivity contribution < 1.29 is 57.6 Å². The molecule has 0 spiro atoms. The van der Waals surface area contributed by atoms with E-state index < -0.39 is 96.8 Å². The molecule has 12 heteroatoms. The molecule has 2 N–H and O–H groups in total. The molecule has 12 nitrogen and oxygen atoms in total. The average Bonchev–Trinajstić information content (AvgIpc) is 3.54. The maximum Gasteiger partial charge on any atom is 0.190 e. The molecule has 0 bridgehead atoms. The van der Waals surface area contributed by atoms with Crippen LogP contribution in [0, 0.1) is 24.7 Å². The minimum atomic E-state index is -1.09. The van der Waals surface area contributed by atoms with Gasteiger partial charge in [0, 0.05) is 0 Å². The third-order valence-corrected chi connectivity index (χ3v) is 7.35. The van der Waals surface area contributed by atoms with E-state index in [1.54, 1.807) is 55.4 Å². The first-order valence-corrected chi connectivity index (χ1v) is 13.5. The Balaban J connectivity index is 0.000000161. The first-order valence-electron chi connectivity index (χ1n) is 13.5. The number of fused-ring (bicyclic) bond motifs is 6. The van der Waals surface area contributed by atoms with Gasteiger partial charge < -0.3 is 57.6 Å². The molecule has 40 heavy (non-hydrogen) atoms. The van der Waals surface area contributed by atoms with Gasteiger partial charge in [-0.25, -0.2) is 0 Å². The first kappa shape index (κ1) is 30.1. The van der Waals surface area contributed by atoms with Crippen molar-refractivity contribution in [1.82, 2.24) is 0 Å². The number of hydrogen-bond acceptors (Lipinski definition) is 12. The second kappa shape index (κ2) is 10.1. The van der Waals surface area contributed by atoms with Crippen LogP contribution >= 0.6 is 0 Å². The maximum absolute atomic E-state index is 9.96. The summed E-state index contributed by atoms with van der Waals surface area (Å²) in [6.07, 6.45) is 3.18. The van der Waals surface area contributed by atoms with E-state index in [4.69, 9.17) is 60.2 Å². The van der Waals surface area contributed by atoms with E-state index in [1.165, 1.54) is 0 Å². The molecule has 0 radical (unpaired) electrons. The van der Waals surface area contributed by atoms with Crippen molar-refractivity contribution in [3.63, 3.8) is 0 Å². The Labute approximate surface area is 234 Å². The molecule has 12 atom stereocenters. The van der Waals surface area contributed by atoms with Crippen molar-refractivity contribution in [3.05, 3.63) is 0 Å². The zero-order valence-corrected chi connectivity index (χ0v) is 24.1. The van der Waals surface area contributed by atoms with E-state index in [9.17, 15) is 10.2 Å². The number of aliphatic hydroxyl groups excluding tert-OH is 2. The summed E-state index contributed by atoms with van der Waals surface area (Å²) in [4.78, 5) is 0. The number of ether oxygens (including phenoxy) is 10. The SMILES string of the molecule is C#CC(O)C1OC2OC(C)(C)OC2C2OC(C)(C)OC12.C#CC(O)C1OC2OC(C)(C)OC2C2OC(C)(C)OC12. The van der Waals surface area contributed by atoms with Crippen LogP contribution in [-0.4, -0.2) is 107 Å². The molecular formula is C28H40O12. The molecule has 0 aromatic carbocycles. The third kappa shape index (κ3) is 5.66. The molecule has 0 amide bonds. The van der Waals surface area contributed by atoms with Crippen LogP contribution in [0.5, 0.6) is 0 Å². The zero-order chi connectivity index (χ0) is 29.4. The van der Waals surface area contributed by atoms with Gasteiger partial charge in [0.1, 0.15) is 61.0 Å². The van der Waals surface area contributed by atoms with Gasteiger partial charge >= 0.3 is 0 Å². The first-order chi connectivity index (χ1) is 18.4. The quantitative estimate of drug-likeness (QED) is 0.456. The topological polar surface area (TPSA) is 133 Å². The lowest BCUT2D eigenvalue weighted by molar-refractivity contribution is -0.247. The molecule has 6 aliphatic heterocycles. The fourth-order valence-corrected chi connectivity index (χ4v) is 5.98. The van der Waals surface area contributed by atoms with E-state index in [2.05, 4.69) is 11.8 Å². The molecule has 6 saturated heterocycles. The van der Waals surface area contributed by atoms with Crippen LogP contribution in [0.4, 0.5) is 0 Å². The molecule has 0 aromatic heterocycles. The Morgan fingerprint density at radius 3 is 1.07 bits per heavy atom. The van der Waals surface area contributed by atoms with Gasteiger partial charge in [-0.1, -0.05) is 11.8 Å². The molecule has 0 saturated carbocycles. The summed E-state index contributed by atoms with van der Waals surface area (Å²) in [5, 5.41) is 19.9. The van der Waals surface area contributed by atoms with Gasteiger partial charge in [0.2, 0.25) is 0 Å². The van der Waals surface area contributed by atoms with Gasteiger partial charge in [-0.15, -0.1) is 12.8 Å². The monoisotopic (exact) mass is 568 g/mol. The zero-order valence-electron chi connectivity index (χ0n) is 24.1. The minimum Gasteiger partial charge on any atom is -0.378 e. The van der Waals surface area contributed by atoms with E-state index in [-0.39, 0.29) is 0 Å². The van der Waals surface area contributed by atoms with Crippen molar-refractivity contribution >= 4 is 0 Å². The lowest BCUT2D eigenvalue weighted by Gasteiger charge is -2.38. The Kier molecular flexibility index (Phi) is 7.62. The van der Waals surface area contributed by atoms with Gasteiger partial charge in [0.25, 0.3) is 0 Å². The third-order valence-electron chi connectivity index (χ3n) is 7.35. The van der Waals surface area contributed by atoms with Crippen molar-refractivity contribution in [2.45, 2.75) is 152 Å². The molecule has 6 heterocycles. The molecular weight excluding hydrogens is 528 g/mol. The van der Waals surface area contributed by atoms with Gasteiger partial charge in [-0.05, 0) is 55.4 Å². The van der Waals surface area contributed by atoms with Crippen molar-refractivity contribution in [2.75, 3.05) is 0 Å². The average molecular weight is 569 g/mol. The van der Waals surface area contributed by atoms with Crippen LogP contribution in [0.15, 0.2) is 0 Å². The predicted octanol–water partition coefficient (Wildman–Crippen LogP) is 0.754. The second-order valence-corrected chi connectivity index (χ2v) is 12.5. The van der Waals surface area contributed by atoms with Crippen molar-refractivity contribution in [2.24, 2.45) is 0 Å².